The predicted octanol–water partition coefficient (Wildman–Crippen LogP) is 0.862. The SMILES string of the molecule is CC1(C)CC(=O)c2cnc3nc(N)nn3c2C1. The van der Waals surface area contributed by atoms with Crippen LogP contribution in [0.25, 0.3) is 5.78 Å². The number of carbonyl (C=O) groups excluding carboxylic acids is 1. The van der Waals surface area contributed by atoms with E-state index in [0.29, 0.717) is 17.8 Å². The molecule has 0 atom stereocenters. The van der Waals surface area contributed by atoms with Crippen LogP contribution >= 0.6 is 0 Å². The molecule has 0 unspecified atom stereocenters. The minimum atomic E-state index is -0.0565. The van der Waals surface area contributed by atoms with Gasteiger partial charge in [0.2, 0.25) is 5.95 Å². The van der Waals surface area contributed by atoms with Gasteiger partial charge in [0.15, 0.2) is 5.78 Å². The highest BCUT2D eigenvalue weighted by Gasteiger charge is 2.33. The number of hydrogen-bond donors (Lipinski definition) is 1. The Labute approximate surface area is 97.9 Å². The lowest BCUT2D eigenvalue weighted by atomic mass is 9.76. The Bertz CT molecular complexity index is 628. The van der Waals surface area contributed by atoms with Crippen molar-refractivity contribution in [2.75, 3.05) is 5.73 Å². The molecule has 0 spiro atoms. The van der Waals surface area contributed by atoms with E-state index in [9.17, 15) is 4.79 Å². The maximum Gasteiger partial charge on any atom is 0.254 e. The van der Waals surface area contributed by atoms with Crippen LogP contribution in [0.3, 0.4) is 0 Å². The molecule has 0 bridgehead atoms. The number of hydrogen-bond acceptors (Lipinski definition) is 5. The van der Waals surface area contributed by atoms with Crippen LogP contribution in [0.1, 0.15) is 36.3 Å². The highest BCUT2D eigenvalue weighted by atomic mass is 16.1. The summed E-state index contributed by atoms with van der Waals surface area (Å²) in [5.74, 6) is 0.744. The van der Waals surface area contributed by atoms with Crippen LogP contribution in [0, 0.1) is 5.41 Å². The number of carbonyl (C=O) groups is 1. The number of nitrogens with zero attached hydrogens (tertiary/aromatic N) is 4. The summed E-state index contributed by atoms with van der Waals surface area (Å²) >= 11 is 0. The minimum Gasteiger partial charge on any atom is -0.366 e. The van der Waals surface area contributed by atoms with Gasteiger partial charge in [-0.1, -0.05) is 13.8 Å². The zero-order valence-corrected chi connectivity index (χ0v) is 9.77. The monoisotopic (exact) mass is 231 g/mol. The summed E-state index contributed by atoms with van der Waals surface area (Å²) < 4.78 is 1.59. The summed E-state index contributed by atoms with van der Waals surface area (Å²) in [4.78, 5) is 20.1. The molecule has 6 heteroatoms. The van der Waals surface area contributed by atoms with Gasteiger partial charge in [0.1, 0.15) is 0 Å². The van der Waals surface area contributed by atoms with E-state index in [2.05, 4.69) is 28.9 Å². The largest absolute Gasteiger partial charge is 0.366 e. The molecule has 88 valence electrons. The van der Waals surface area contributed by atoms with E-state index >= 15 is 0 Å². The number of Topliss-reactive ketones (excluding diaryl/α,β-unsaturated/α-hetero) is 1. The van der Waals surface area contributed by atoms with E-state index in [0.717, 1.165) is 12.1 Å². The normalized spacial score (nSPS) is 18.4. The molecule has 2 heterocycles. The first-order valence-corrected chi connectivity index (χ1v) is 5.50. The number of rotatable bonds is 0. The van der Waals surface area contributed by atoms with E-state index in [1.807, 2.05) is 0 Å². The van der Waals surface area contributed by atoms with Crippen LogP contribution in [-0.2, 0) is 6.42 Å². The molecule has 0 aliphatic heterocycles. The number of ketones is 1. The molecule has 17 heavy (non-hydrogen) atoms. The van der Waals surface area contributed by atoms with E-state index in [1.54, 1.807) is 10.7 Å². The van der Waals surface area contributed by atoms with Crippen molar-refractivity contribution < 1.29 is 4.79 Å². The Balaban J connectivity index is 2.31. The van der Waals surface area contributed by atoms with Crippen molar-refractivity contribution >= 4 is 17.5 Å². The second-order valence-electron chi connectivity index (χ2n) is 5.24. The van der Waals surface area contributed by atoms with E-state index in [1.165, 1.54) is 0 Å². The fourth-order valence-electron chi connectivity index (χ4n) is 2.34. The van der Waals surface area contributed by atoms with Gasteiger partial charge in [0.05, 0.1) is 11.3 Å². The van der Waals surface area contributed by atoms with Crippen molar-refractivity contribution in [2.24, 2.45) is 5.41 Å². The lowest BCUT2D eigenvalue weighted by Gasteiger charge is -2.29. The molecule has 0 saturated heterocycles. The van der Waals surface area contributed by atoms with Gasteiger partial charge in [-0.3, -0.25) is 4.79 Å². The molecule has 2 aromatic heterocycles. The highest BCUT2D eigenvalue weighted by molar-refractivity contribution is 5.98. The molecule has 3 rings (SSSR count). The first-order valence-electron chi connectivity index (χ1n) is 5.50. The van der Waals surface area contributed by atoms with Gasteiger partial charge >= 0.3 is 0 Å². The summed E-state index contributed by atoms with van der Waals surface area (Å²) in [5.41, 5.74) is 7.00. The zero-order chi connectivity index (χ0) is 12.2. The first kappa shape index (κ1) is 10.2. The third kappa shape index (κ3) is 1.48. The molecule has 1 aliphatic rings. The summed E-state index contributed by atoms with van der Waals surface area (Å²) in [5, 5.41) is 4.10. The second kappa shape index (κ2) is 3.03. The quantitative estimate of drug-likeness (QED) is 0.726. The Morgan fingerprint density at radius 3 is 2.94 bits per heavy atom. The van der Waals surface area contributed by atoms with Gasteiger partial charge < -0.3 is 5.73 Å². The maximum atomic E-state index is 12.0. The Morgan fingerprint density at radius 2 is 2.18 bits per heavy atom. The highest BCUT2D eigenvalue weighted by Crippen LogP contribution is 2.34. The molecule has 0 fully saturated rings. The number of nitrogen functional groups attached to an aromatic ring is 1. The lowest BCUT2D eigenvalue weighted by Crippen LogP contribution is -2.29. The van der Waals surface area contributed by atoms with Crippen LogP contribution in [-0.4, -0.2) is 25.4 Å². The van der Waals surface area contributed by atoms with Crippen molar-refractivity contribution in [3.8, 4) is 0 Å². The molecule has 2 aromatic rings. The Morgan fingerprint density at radius 1 is 1.41 bits per heavy atom. The molecule has 6 nitrogen and oxygen atoms in total. The standard InChI is InChI=1S/C11H13N5O/c1-11(2)3-7-6(8(17)4-11)5-13-10-14-9(12)15-16(7)10/h5H,3-4H2,1-2H3,(H2,12,15). The molecule has 0 aromatic carbocycles. The van der Waals surface area contributed by atoms with Gasteiger partial charge in [-0.2, -0.15) is 9.50 Å². The second-order valence-corrected chi connectivity index (χ2v) is 5.24. The summed E-state index contributed by atoms with van der Waals surface area (Å²) in [6.07, 6.45) is 2.89. The van der Waals surface area contributed by atoms with Gasteiger partial charge in [-0.15, -0.1) is 5.10 Å². The topological polar surface area (TPSA) is 86.2 Å². The van der Waals surface area contributed by atoms with Crippen molar-refractivity contribution in [3.63, 3.8) is 0 Å². The maximum absolute atomic E-state index is 12.0. The van der Waals surface area contributed by atoms with Crippen LogP contribution in [0.4, 0.5) is 5.95 Å². The molecular weight excluding hydrogens is 218 g/mol. The number of aromatic nitrogens is 4. The third-order valence-corrected chi connectivity index (χ3v) is 3.07. The zero-order valence-electron chi connectivity index (χ0n) is 9.77. The van der Waals surface area contributed by atoms with E-state index in [-0.39, 0.29) is 17.1 Å². The van der Waals surface area contributed by atoms with Crippen LogP contribution in [0.5, 0.6) is 0 Å². The van der Waals surface area contributed by atoms with Gasteiger partial charge in [-0.25, -0.2) is 4.98 Å². The van der Waals surface area contributed by atoms with Crippen LogP contribution in [0.15, 0.2) is 6.20 Å². The number of nitrogens with two attached hydrogens (primary N) is 1. The van der Waals surface area contributed by atoms with Gasteiger partial charge in [-0.05, 0) is 11.8 Å². The number of fused-ring (bicyclic) bond motifs is 3. The molecule has 0 amide bonds. The molecule has 2 N–H and O–H groups in total. The fourth-order valence-corrected chi connectivity index (χ4v) is 2.34. The summed E-state index contributed by atoms with van der Waals surface area (Å²) in [6.45, 7) is 4.14. The van der Waals surface area contributed by atoms with E-state index in [4.69, 9.17) is 5.73 Å². The molecule has 0 radical (unpaired) electrons. The predicted molar refractivity (Wildman–Crippen MR) is 61.6 cm³/mol. The minimum absolute atomic E-state index is 0.0565. The molecular formula is C11H13N5O. The lowest BCUT2D eigenvalue weighted by molar-refractivity contribution is 0.0908. The Hall–Kier alpha value is -1.98. The van der Waals surface area contributed by atoms with Crippen molar-refractivity contribution in [1.82, 2.24) is 19.6 Å². The molecule has 0 saturated carbocycles. The fraction of sp³-hybridized carbons (Fsp3) is 0.455. The smallest absolute Gasteiger partial charge is 0.254 e. The third-order valence-electron chi connectivity index (χ3n) is 3.07. The van der Waals surface area contributed by atoms with Crippen molar-refractivity contribution in [3.05, 3.63) is 17.5 Å². The van der Waals surface area contributed by atoms with Gasteiger partial charge in [0, 0.05) is 12.6 Å². The number of anilines is 1. The average molecular weight is 231 g/mol. The van der Waals surface area contributed by atoms with Crippen molar-refractivity contribution in [2.45, 2.75) is 26.7 Å². The Kier molecular flexibility index (Phi) is 1.81. The van der Waals surface area contributed by atoms with Crippen LogP contribution in [0.2, 0.25) is 0 Å². The average Bonchev–Trinajstić information content (AvgIpc) is 2.57. The van der Waals surface area contributed by atoms with Crippen LogP contribution < -0.4 is 5.73 Å². The first-order chi connectivity index (χ1) is 7.96. The molecule has 1 aliphatic carbocycles. The summed E-state index contributed by atoms with van der Waals surface area (Å²) in [6, 6.07) is 0. The van der Waals surface area contributed by atoms with E-state index < -0.39 is 0 Å². The van der Waals surface area contributed by atoms with Gasteiger partial charge in [0.25, 0.3) is 5.78 Å². The van der Waals surface area contributed by atoms with Crippen molar-refractivity contribution in [1.29, 1.82) is 0 Å². The summed E-state index contributed by atoms with van der Waals surface area (Å²) in [7, 11) is 0.